The Morgan fingerprint density at radius 2 is 1.54 bits per heavy atom. The van der Waals surface area contributed by atoms with E-state index in [4.69, 9.17) is 4.74 Å². The number of alkyl halides is 1. The van der Waals surface area contributed by atoms with Gasteiger partial charge in [0.05, 0.1) is 13.3 Å². The van der Waals surface area contributed by atoms with Gasteiger partial charge in [-0.25, -0.2) is 4.39 Å². The van der Waals surface area contributed by atoms with Crippen LogP contribution in [0.3, 0.4) is 0 Å². The minimum atomic E-state index is -0.942. The maximum Gasteiger partial charge on any atom is 0.201 e. The number of unbranched alkanes of at least 4 members (excludes halogenated alkanes) is 4. The summed E-state index contributed by atoms with van der Waals surface area (Å²) >= 11 is 0. The fourth-order valence-corrected chi connectivity index (χ4v) is 3.07. The number of rotatable bonds is 12. The minimum Gasteiger partial charge on any atom is -0.491 e. The quantitative estimate of drug-likeness (QED) is 0.270. The Bertz CT molecular complexity index is 738. The molecule has 0 unspecified atom stereocenters. The van der Waals surface area contributed by atoms with Crippen LogP contribution < -0.4 is 4.74 Å². The first-order chi connectivity index (χ1) is 13.7. The largest absolute Gasteiger partial charge is 0.491 e. The van der Waals surface area contributed by atoms with Gasteiger partial charge in [-0.1, -0.05) is 42.8 Å². The second kappa shape index (κ2) is 12.3. The van der Waals surface area contributed by atoms with Gasteiger partial charge >= 0.3 is 0 Å². The molecule has 28 heavy (non-hydrogen) atoms. The molecule has 0 radical (unpaired) electrons. The van der Waals surface area contributed by atoms with Crippen molar-refractivity contribution in [3.8, 4) is 16.9 Å². The van der Waals surface area contributed by atoms with Crippen molar-refractivity contribution in [2.75, 3.05) is 13.3 Å². The van der Waals surface area contributed by atoms with Crippen LogP contribution in [-0.2, 0) is 6.42 Å². The fourth-order valence-electron chi connectivity index (χ4n) is 3.07. The van der Waals surface area contributed by atoms with E-state index in [1.807, 2.05) is 24.3 Å². The second-order valence-electron chi connectivity index (χ2n) is 6.77. The predicted octanol–water partition coefficient (Wildman–Crippen LogP) is 7.44. The molecule has 0 fully saturated rings. The third-order valence-corrected chi connectivity index (χ3v) is 4.62. The maximum atomic E-state index is 14.3. The smallest absolute Gasteiger partial charge is 0.201 e. The molecular weight excluding hydrogens is 361 g/mol. The molecular formula is C24H29F3O. The molecule has 1 nitrogen and oxygen atoms in total. The molecule has 0 saturated carbocycles. The Kier molecular flexibility index (Phi) is 9.67. The molecule has 0 bridgehead atoms. The Labute approximate surface area is 166 Å². The lowest BCUT2D eigenvalue weighted by molar-refractivity contribution is 0.314. The number of allylic oxidation sites excluding steroid dienone is 2. The number of aryl methyl sites for hydroxylation is 1. The monoisotopic (exact) mass is 390 g/mol. The van der Waals surface area contributed by atoms with E-state index in [0.29, 0.717) is 18.6 Å². The standard InChI is InChI=1S/C24H29F3O/c1-2-28-22-17-16-21(23(26)24(22)27)20-14-12-19(13-15-20)11-9-7-5-3-4-6-8-10-18-25/h4,6,12-17H,2-3,5,7-11,18H2,1H3. The number of hydrogen-bond donors (Lipinski definition) is 0. The molecule has 2 aromatic carbocycles. The SMILES string of the molecule is CCOc1ccc(-c2ccc(CCCCCC=CCCCF)cc2)c(F)c1F. The van der Waals surface area contributed by atoms with Crippen molar-refractivity contribution >= 4 is 0 Å². The van der Waals surface area contributed by atoms with Crippen LogP contribution in [0.4, 0.5) is 13.2 Å². The average Bonchev–Trinajstić information content (AvgIpc) is 2.71. The number of ether oxygens (including phenoxy) is 1. The zero-order valence-corrected chi connectivity index (χ0v) is 16.5. The first kappa shape index (κ1) is 22.1. The van der Waals surface area contributed by atoms with E-state index in [2.05, 4.69) is 12.2 Å². The second-order valence-corrected chi connectivity index (χ2v) is 6.77. The van der Waals surface area contributed by atoms with Gasteiger partial charge in [-0.05, 0) is 68.7 Å². The molecule has 0 saturated heterocycles. The van der Waals surface area contributed by atoms with E-state index in [9.17, 15) is 13.2 Å². The highest BCUT2D eigenvalue weighted by Crippen LogP contribution is 2.30. The van der Waals surface area contributed by atoms with Gasteiger partial charge in [0.2, 0.25) is 5.82 Å². The summed E-state index contributed by atoms with van der Waals surface area (Å²) in [7, 11) is 0. The molecule has 0 N–H and O–H groups in total. The lowest BCUT2D eigenvalue weighted by atomic mass is 10.0. The van der Waals surface area contributed by atoms with Gasteiger partial charge in [0.25, 0.3) is 0 Å². The zero-order valence-electron chi connectivity index (χ0n) is 16.5. The van der Waals surface area contributed by atoms with Crippen molar-refractivity contribution in [1.82, 2.24) is 0 Å². The lowest BCUT2D eigenvalue weighted by Crippen LogP contribution is -1.98. The van der Waals surface area contributed by atoms with Gasteiger partial charge < -0.3 is 4.74 Å². The van der Waals surface area contributed by atoms with Crippen molar-refractivity contribution in [3.05, 3.63) is 65.7 Å². The summed E-state index contributed by atoms with van der Waals surface area (Å²) in [6.45, 7) is 1.78. The summed E-state index contributed by atoms with van der Waals surface area (Å²) < 4.78 is 45.4. The Hall–Kier alpha value is -2.23. The Balaban J connectivity index is 1.82. The van der Waals surface area contributed by atoms with E-state index >= 15 is 0 Å². The van der Waals surface area contributed by atoms with Crippen LogP contribution in [0.25, 0.3) is 11.1 Å². The highest BCUT2D eigenvalue weighted by molar-refractivity contribution is 5.65. The fraction of sp³-hybridized carbons (Fsp3) is 0.417. The predicted molar refractivity (Wildman–Crippen MR) is 109 cm³/mol. The van der Waals surface area contributed by atoms with E-state index < -0.39 is 11.6 Å². The molecule has 0 heterocycles. The topological polar surface area (TPSA) is 9.23 Å². The van der Waals surface area contributed by atoms with Gasteiger partial charge in [-0.2, -0.15) is 4.39 Å². The van der Waals surface area contributed by atoms with E-state index in [1.165, 1.54) is 11.6 Å². The van der Waals surface area contributed by atoms with Gasteiger partial charge in [0.1, 0.15) is 0 Å². The van der Waals surface area contributed by atoms with Crippen molar-refractivity contribution < 1.29 is 17.9 Å². The summed E-state index contributed by atoms with van der Waals surface area (Å²) in [5.41, 5.74) is 2.09. The van der Waals surface area contributed by atoms with E-state index in [1.54, 1.807) is 13.0 Å². The summed E-state index contributed by atoms with van der Waals surface area (Å²) in [5, 5.41) is 0. The third-order valence-electron chi connectivity index (χ3n) is 4.62. The summed E-state index contributed by atoms with van der Waals surface area (Å²) in [6, 6.07) is 10.6. The molecule has 0 aliphatic rings. The molecule has 0 aliphatic heterocycles. The van der Waals surface area contributed by atoms with Crippen molar-refractivity contribution in [2.45, 2.75) is 51.9 Å². The van der Waals surface area contributed by atoms with Crippen LogP contribution in [-0.4, -0.2) is 13.3 Å². The maximum absolute atomic E-state index is 14.3. The van der Waals surface area contributed by atoms with Gasteiger partial charge in [-0.3, -0.25) is 4.39 Å². The number of benzene rings is 2. The summed E-state index contributed by atoms with van der Waals surface area (Å²) in [6.07, 6.45) is 11.0. The third kappa shape index (κ3) is 6.74. The van der Waals surface area contributed by atoms with Crippen LogP contribution in [0.2, 0.25) is 0 Å². The molecule has 4 heteroatoms. The molecule has 152 valence electrons. The summed E-state index contributed by atoms with van der Waals surface area (Å²) in [5.74, 6) is -1.88. The molecule has 0 spiro atoms. The van der Waals surface area contributed by atoms with Crippen molar-refractivity contribution in [3.63, 3.8) is 0 Å². The van der Waals surface area contributed by atoms with Crippen LogP contribution in [0.15, 0.2) is 48.6 Å². The zero-order chi connectivity index (χ0) is 20.2. The Morgan fingerprint density at radius 3 is 2.21 bits per heavy atom. The van der Waals surface area contributed by atoms with Crippen LogP contribution in [0, 0.1) is 11.6 Å². The van der Waals surface area contributed by atoms with Crippen LogP contribution in [0.5, 0.6) is 5.75 Å². The first-order valence-electron chi connectivity index (χ1n) is 10.1. The minimum absolute atomic E-state index is 0.0578. The lowest BCUT2D eigenvalue weighted by Gasteiger charge is -2.10. The van der Waals surface area contributed by atoms with Gasteiger partial charge in [0.15, 0.2) is 11.6 Å². The van der Waals surface area contributed by atoms with E-state index in [0.717, 1.165) is 38.5 Å². The van der Waals surface area contributed by atoms with Gasteiger partial charge in [0, 0.05) is 5.56 Å². The first-order valence-corrected chi connectivity index (χ1v) is 10.1. The molecule has 2 aromatic rings. The van der Waals surface area contributed by atoms with Gasteiger partial charge in [-0.15, -0.1) is 0 Å². The molecule has 2 rings (SSSR count). The summed E-state index contributed by atoms with van der Waals surface area (Å²) in [4.78, 5) is 0. The number of hydrogen-bond acceptors (Lipinski definition) is 1. The van der Waals surface area contributed by atoms with Crippen molar-refractivity contribution in [1.29, 1.82) is 0 Å². The molecule has 0 aromatic heterocycles. The highest BCUT2D eigenvalue weighted by atomic mass is 19.2. The van der Waals surface area contributed by atoms with Crippen molar-refractivity contribution in [2.24, 2.45) is 0 Å². The molecule has 0 aliphatic carbocycles. The molecule has 0 atom stereocenters. The highest BCUT2D eigenvalue weighted by Gasteiger charge is 2.15. The van der Waals surface area contributed by atoms with E-state index in [-0.39, 0.29) is 18.0 Å². The normalized spacial score (nSPS) is 11.3. The van der Waals surface area contributed by atoms with Crippen LogP contribution >= 0.6 is 0 Å². The average molecular weight is 390 g/mol. The Morgan fingerprint density at radius 1 is 0.821 bits per heavy atom. The molecule has 0 amide bonds. The number of halogens is 3. The van der Waals surface area contributed by atoms with Crippen LogP contribution in [0.1, 0.15) is 51.0 Å².